The molecule has 2 aromatic heterocycles. The van der Waals surface area contributed by atoms with Gasteiger partial charge in [-0.25, -0.2) is 4.68 Å². The number of nitrogen functional groups attached to an aromatic ring is 1. The normalized spacial score (nSPS) is 11.2. The lowest BCUT2D eigenvalue weighted by Crippen LogP contribution is -2.06. The number of rotatable bonds is 3. The molecule has 2 heterocycles. The van der Waals surface area contributed by atoms with Gasteiger partial charge in [0.1, 0.15) is 6.33 Å². The van der Waals surface area contributed by atoms with Crippen LogP contribution in [0.4, 0.5) is 0 Å². The van der Waals surface area contributed by atoms with Gasteiger partial charge in [0, 0.05) is 10.8 Å². The lowest BCUT2D eigenvalue weighted by Gasteiger charge is -2.01. The van der Waals surface area contributed by atoms with Gasteiger partial charge < -0.3 is 5.84 Å². The fourth-order valence-electron chi connectivity index (χ4n) is 1.53. The molecule has 0 saturated carbocycles. The molecule has 92 valence electrons. The Bertz CT molecular complexity index is 691. The molecule has 6 nitrogen and oxygen atoms in total. The third-order valence-corrected chi connectivity index (χ3v) is 3.77. The fraction of sp³-hybridized carbons (Fsp3) is 0.100. The summed E-state index contributed by atoms with van der Waals surface area (Å²) in [6.45, 7) is 0. The molecule has 0 bridgehead atoms. The van der Waals surface area contributed by atoms with Crippen molar-refractivity contribution in [1.82, 2.24) is 24.5 Å². The first-order valence-corrected chi connectivity index (χ1v) is 6.52. The molecular weight excluding hydrogens is 272 g/mol. The first-order chi connectivity index (χ1) is 8.75. The number of hydrogen-bond acceptors (Lipinski definition) is 5. The molecule has 3 aromatic rings. The van der Waals surface area contributed by atoms with E-state index in [2.05, 4.69) is 15.3 Å². The van der Waals surface area contributed by atoms with E-state index in [1.54, 1.807) is 4.52 Å². The van der Waals surface area contributed by atoms with Gasteiger partial charge in [-0.1, -0.05) is 41.6 Å². The third kappa shape index (κ3) is 1.91. The molecule has 0 amide bonds. The first-order valence-electron chi connectivity index (χ1n) is 5.16. The summed E-state index contributed by atoms with van der Waals surface area (Å²) in [6, 6.07) is 7.71. The minimum Gasteiger partial charge on any atom is -0.335 e. The maximum atomic E-state index is 6.09. The van der Waals surface area contributed by atoms with E-state index in [1.165, 1.54) is 22.8 Å². The number of halogens is 1. The quantitative estimate of drug-likeness (QED) is 0.582. The molecule has 0 aliphatic carbocycles. The standard InChI is InChI=1S/C10H9ClN6S/c11-8-4-2-1-3-7(8)5-18-10-15-14-9-16(12)6-13-17(9)10/h1-4,6H,5,12H2. The summed E-state index contributed by atoms with van der Waals surface area (Å²) in [6.07, 6.45) is 1.49. The summed E-state index contributed by atoms with van der Waals surface area (Å²) >= 11 is 7.60. The van der Waals surface area contributed by atoms with Gasteiger partial charge >= 0.3 is 0 Å². The Hall–Kier alpha value is -1.73. The SMILES string of the molecule is Nn1cnn2c(SCc3ccccc3Cl)nnc12. The fourth-order valence-corrected chi connectivity index (χ4v) is 2.69. The summed E-state index contributed by atoms with van der Waals surface area (Å²) < 4.78 is 2.92. The summed E-state index contributed by atoms with van der Waals surface area (Å²) in [4.78, 5) is 0. The van der Waals surface area contributed by atoms with Gasteiger partial charge in [0.15, 0.2) is 0 Å². The van der Waals surface area contributed by atoms with E-state index in [4.69, 9.17) is 17.4 Å². The molecule has 3 rings (SSSR count). The minimum atomic E-state index is 0.511. The van der Waals surface area contributed by atoms with Crippen molar-refractivity contribution in [2.24, 2.45) is 0 Å². The van der Waals surface area contributed by atoms with Gasteiger partial charge in [-0.2, -0.15) is 9.61 Å². The second-order valence-electron chi connectivity index (χ2n) is 3.61. The molecule has 8 heteroatoms. The zero-order valence-electron chi connectivity index (χ0n) is 9.19. The van der Waals surface area contributed by atoms with Crippen LogP contribution in [0.2, 0.25) is 5.02 Å². The van der Waals surface area contributed by atoms with Crippen LogP contribution in [0.3, 0.4) is 0 Å². The molecule has 0 radical (unpaired) electrons. The monoisotopic (exact) mass is 280 g/mol. The summed E-state index contributed by atoms with van der Waals surface area (Å²) in [7, 11) is 0. The smallest absolute Gasteiger partial charge is 0.273 e. The number of hydrogen-bond donors (Lipinski definition) is 1. The number of thioether (sulfide) groups is 1. The van der Waals surface area contributed by atoms with Crippen molar-refractivity contribution in [1.29, 1.82) is 0 Å². The second-order valence-corrected chi connectivity index (χ2v) is 4.96. The van der Waals surface area contributed by atoms with Crippen LogP contribution >= 0.6 is 23.4 Å². The van der Waals surface area contributed by atoms with E-state index in [-0.39, 0.29) is 0 Å². The molecule has 0 saturated heterocycles. The highest BCUT2D eigenvalue weighted by Crippen LogP contribution is 2.25. The Balaban J connectivity index is 1.83. The van der Waals surface area contributed by atoms with Gasteiger partial charge in [-0.05, 0) is 11.6 Å². The summed E-state index contributed by atoms with van der Waals surface area (Å²) in [5, 5.41) is 13.5. The molecule has 18 heavy (non-hydrogen) atoms. The van der Waals surface area contributed by atoms with Crippen molar-refractivity contribution in [2.45, 2.75) is 10.9 Å². The van der Waals surface area contributed by atoms with Gasteiger partial charge in [0.05, 0.1) is 0 Å². The Kier molecular flexibility index (Phi) is 2.85. The number of fused-ring (bicyclic) bond motifs is 1. The van der Waals surface area contributed by atoms with E-state index < -0.39 is 0 Å². The molecule has 0 spiro atoms. The lowest BCUT2D eigenvalue weighted by atomic mass is 10.2. The highest BCUT2D eigenvalue weighted by Gasteiger charge is 2.11. The van der Waals surface area contributed by atoms with Gasteiger partial charge in [-0.15, -0.1) is 10.2 Å². The maximum Gasteiger partial charge on any atom is 0.273 e. The van der Waals surface area contributed by atoms with Crippen LogP contribution in [-0.2, 0) is 5.75 Å². The number of nitrogens with two attached hydrogens (primary N) is 1. The van der Waals surface area contributed by atoms with Gasteiger partial charge in [0.2, 0.25) is 5.16 Å². The van der Waals surface area contributed by atoms with Gasteiger partial charge in [0.25, 0.3) is 5.78 Å². The third-order valence-electron chi connectivity index (χ3n) is 2.43. The molecule has 2 N–H and O–H groups in total. The highest BCUT2D eigenvalue weighted by atomic mass is 35.5. The Morgan fingerprint density at radius 3 is 2.94 bits per heavy atom. The van der Waals surface area contributed by atoms with Crippen molar-refractivity contribution in [3.8, 4) is 0 Å². The van der Waals surface area contributed by atoms with Crippen LogP contribution in [0.25, 0.3) is 5.78 Å². The van der Waals surface area contributed by atoms with Crippen molar-refractivity contribution < 1.29 is 0 Å². The largest absolute Gasteiger partial charge is 0.335 e. The summed E-state index contributed by atoms with van der Waals surface area (Å²) in [5.74, 6) is 6.84. The van der Waals surface area contributed by atoms with E-state index in [1.807, 2.05) is 24.3 Å². The average Bonchev–Trinajstić information content (AvgIpc) is 2.93. The molecule has 0 aliphatic heterocycles. The predicted molar refractivity (Wildman–Crippen MR) is 69.9 cm³/mol. The van der Waals surface area contributed by atoms with Crippen molar-refractivity contribution >= 4 is 29.1 Å². The topological polar surface area (TPSA) is 74.0 Å². The average molecular weight is 281 g/mol. The first kappa shape index (κ1) is 11.4. The maximum absolute atomic E-state index is 6.09. The summed E-state index contributed by atoms with van der Waals surface area (Å²) in [5.41, 5.74) is 1.05. The highest BCUT2D eigenvalue weighted by molar-refractivity contribution is 7.98. The van der Waals surface area contributed by atoms with Crippen LogP contribution in [0, 0.1) is 0 Å². The molecule has 1 aromatic carbocycles. The molecular formula is C10H9ClN6S. The van der Waals surface area contributed by atoms with Crippen LogP contribution < -0.4 is 5.84 Å². The lowest BCUT2D eigenvalue weighted by molar-refractivity contribution is 0.819. The van der Waals surface area contributed by atoms with Crippen LogP contribution in [0.15, 0.2) is 35.7 Å². The van der Waals surface area contributed by atoms with E-state index >= 15 is 0 Å². The van der Waals surface area contributed by atoms with E-state index in [0.29, 0.717) is 16.7 Å². The Morgan fingerprint density at radius 2 is 2.11 bits per heavy atom. The van der Waals surface area contributed by atoms with Crippen molar-refractivity contribution in [3.63, 3.8) is 0 Å². The second kappa shape index (κ2) is 4.51. The molecule has 0 fully saturated rings. The van der Waals surface area contributed by atoms with E-state index in [0.717, 1.165) is 10.6 Å². The van der Waals surface area contributed by atoms with E-state index in [9.17, 15) is 0 Å². The Morgan fingerprint density at radius 1 is 1.28 bits per heavy atom. The number of aromatic nitrogens is 5. The zero-order chi connectivity index (χ0) is 12.5. The molecule has 0 aliphatic rings. The minimum absolute atomic E-state index is 0.511. The number of benzene rings is 1. The van der Waals surface area contributed by atoms with Crippen molar-refractivity contribution in [3.05, 3.63) is 41.2 Å². The van der Waals surface area contributed by atoms with Gasteiger partial charge in [-0.3, -0.25) is 0 Å². The Labute approximate surface area is 112 Å². The van der Waals surface area contributed by atoms with Crippen LogP contribution in [0.5, 0.6) is 0 Å². The predicted octanol–water partition coefficient (Wildman–Crippen LogP) is 1.59. The molecule has 0 unspecified atom stereocenters. The van der Waals surface area contributed by atoms with Crippen LogP contribution in [-0.4, -0.2) is 24.5 Å². The van der Waals surface area contributed by atoms with Crippen LogP contribution in [0.1, 0.15) is 5.56 Å². The molecule has 0 atom stereocenters. The zero-order valence-corrected chi connectivity index (χ0v) is 10.8. The number of nitrogens with zero attached hydrogens (tertiary/aromatic N) is 5. The van der Waals surface area contributed by atoms with Crippen molar-refractivity contribution in [2.75, 3.05) is 5.84 Å².